The average molecular weight is 296 g/mol. The molecule has 17 heavy (non-hydrogen) atoms. The van der Waals surface area contributed by atoms with Gasteiger partial charge in [-0.25, -0.2) is 4.68 Å². The lowest BCUT2D eigenvalue weighted by Crippen LogP contribution is -2.08. The number of nitrogens with one attached hydrogen (secondary N) is 1. The first kappa shape index (κ1) is 12.0. The molecule has 0 fully saturated rings. The Kier molecular flexibility index (Phi) is 4.08. The molecule has 0 spiro atoms. The first-order chi connectivity index (χ1) is 8.29. The van der Waals surface area contributed by atoms with E-state index in [1.807, 2.05) is 12.1 Å². The molecular formula is C11H14BrN5. The fraction of sp³-hybridized carbons (Fsp3) is 0.364. The zero-order valence-corrected chi connectivity index (χ0v) is 11.2. The minimum Gasteiger partial charge on any atom is -0.349 e. The molecule has 0 aliphatic heterocycles. The van der Waals surface area contributed by atoms with Crippen molar-refractivity contribution in [1.29, 1.82) is 0 Å². The van der Waals surface area contributed by atoms with Gasteiger partial charge in [-0.15, -0.1) is 0 Å². The van der Waals surface area contributed by atoms with E-state index >= 15 is 0 Å². The summed E-state index contributed by atoms with van der Waals surface area (Å²) >= 11 is 3.45. The monoisotopic (exact) mass is 295 g/mol. The molecule has 0 unspecified atom stereocenters. The number of aryl methyl sites for hydroxylation is 1. The van der Waals surface area contributed by atoms with Gasteiger partial charge in [0, 0.05) is 17.6 Å². The van der Waals surface area contributed by atoms with E-state index in [9.17, 15) is 0 Å². The summed E-state index contributed by atoms with van der Waals surface area (Å²) in [6.45, 7) is 3.64. The van der Waals surface area contributed by atoms with E-state index in [4.69, 9.17) is 0 Å². The quantitative estimate of drug-likeness (QED) is 0.921. The Morgan fingerprint density at radius 3 is 3.06 bits per heavy atom. The van der Waals surface area contributed by atoms with E-state index in [2.05, 4.69) is 55.8 Å². The lowest BCUT2D eigenvalue weighted by molar-refractivity contribution is 0.582. The van der Waals surface area contributed by atoms with Gasteiger partial charge in [0.05, 0.1) is 0 Å². The topological polar surface area (TPSA) is 55.6 Å². The van der Waals surface area contributed by atoms with Gasteiger partial charge in [0.1, 0.15) is 0 Å². The van der Waals surface area contributed by atoms with E-state index in [0.29, 0.717) is 12.5 Å². The molecule has 0 aliphatic rings. The molecule has 1 N–H and O–H groups in total. The number of tetrazole rings is 1. The molecule has 0 aliphatic carbocycles. The Morgan fingerprint density at radius 2 is 2.29 bits per heavy atom. The van der Waals surface area contributed by atoms with Crippen LogP contribution in [0.25, 0.3) is 0 Å². The van der Waals surface area contributed by atoms with Crippen LogP contribution in [-0.4, -0.2) is 20.2 Å². The third kappa shape index (κ3) is 3.26. The number of rotatable bonds is 5. The summed E-state index contributed by atoms with van der Waals surface area (Å²) in [5, 5.41) is 14.8. The zero-order valence-electron chi connectivity index (χ0n) is 9.60. The molecule has 0 saturated carbocycles. The Labute approximate surface area is 108 Å². The number of benzene rings is 1. The molecule has 1 aromatic carbocycles. The summed E-state index contributed by atoms with van der Waals surface area (Å²) in [5.41, 5.74) is 1.19. The van der Waals surface area contributed by atoms with E-state index < -0.39 is 0 Å². The number of aromatic nitrogens is 4. The summed E-state index contributed by atoms with van der Waals surface area (Å²) in [6, 6.07) is 8.15. The van der Waals surface area contributed by atoms with E-state index in [-0.39, 0.29) is 0 Å². The van der Waals surface area contributed by atoms with Gasteiger partial charge in [0.15, 0.2) is 0 Å². The second-order valence-corrected chi connectivity index (χ2v) is 4.62. The summed E-state index contributed by atoms with van der Waals surface area (Å²) in [6.07, 6.45) is 1.01. The van der Waals surface area contributed by atoms with Crippen LogP contribution in [0.4, 0.5) is 5.95 Å². The van der Waals surface area contributed by atoms with Crippen LogP contribution in [0.2, 0.25) is 0 Å². The average Bonchev–Trinajstić information content (AvgIpc) is 2.75. The van der Waals surface area contributed by atoms with Gasteiger partial charge >= 0.3 is 0 Å². The van der Waals surface area contributed by atoms with Gasteiger partial charge in [-0.2, -0.15) is 0 Å². The molecule has 0 atom stereocenters. The maximum atomic E-state index is 3.95. The van der Waals surface area contributed by atoms with Crippen molar-refractivity contribution >= 4 is 21.9 Å². The number of halogens is 1. The number of nitrogens with zero attached hydrogens (tertiary/aromatic N) is 4. The fourth-order valence-electron chi connectivity index (χ4n) is 1.52. The lowest BCUT2D eigenvalue weighted by atomic mass is 10.2. The highest BCUT2D eigenvalue weighted by Gasteiger charge is 2.04. The summed E-state index contributed by atoms with van der Waals surface area (Å²) < 4.78 is 2.85. The van der Waals surface area contributed by atoms with Crippen LogP contribution < -0.4 is 5.32 Å². The normalized spacial score (nSPS) is 10.5. The first-order valence-corrected chi connectivity index (χ1v) is 6.33. The molecule has 1 heterocycles. The van der Waals surface area contributed by atoms with Crippen molar-refractivity contribution < 1.29 is 0 Å². The molecular weight excluding hydrogens is 282 g/mol. The van der Waals surface area contributed by atoms with Crippen molar-refractivity contribution in [3.63, 3.8) is 0 Å². The SMILES string of the molecule is CCCn1nnnc1NCc1cccc(Br)c1. The van der Waals surface area contributed by atoms with Gasteiger partial charge in [-0.3, -0.25) is 0 Å². The third-order valence-electron chi connectivity index (χ3n) is 2.31. The Balaban J connectivity index is 1.99. The summed E-state index contributed by atoms with van der Waals surface area (Å²) in [7, 11) is 0. The van der Waals surface area contributed by atoms with Gasteiger partial charge in [0.2, 0.25) is 5.95 Å². The number of hydrogen-bond acceptors (Lipinski definition) is 4. The molecule has 5 nitrogen and oxygen atoms in total. The number of anilines is 1. The van der Waals surface area contributed by atoms with Crippen molar-refractivity contribution in [2.75, 3.05) is 5.32 Å². The summed E-state index contributed by atoms with van der Waals surface area (Å²) in [5.74, 6) is 0.715. The molecule has 1 aromatic heterocycles. The highest BCUT2D eigenvalue weighted by atomic mass is 79.9. The maximum Gasteiger partial charge on any atom is 0.243 e. The van der Waals surface area contributed by atoms with Crippen molar-refractivity contribution in [1.82, 2.24) is 20.2 Å². The highest BCUT2D eigenvalue weighted by Crippen LogP contribution is 2.12. The van der Waals surface area contributed by atoms with Crippen LogP contribution >= 0.6 is 15.9 Å². The van der Waals surface area contributed by atoms with Gasteiger partial charge in [-0.1, -0.05) is 40.1 Å². The van der Waals surface area contributed by atoms with Crippen LogP contribution in [0.15, 0.2) is 28.7 Å². The number of hydrogen-bond donors (Lipinski definition) is 1. The predicted octanol–water partition coefficient (Wildman–Crippen LogP) is 2.46. The lowest BCUT2D eigenvalue weighted by Gasteiger charge is -2.06. The van der Waals surface area contributed by atoms with Gasteiger partial charge in [0.25, 0.3) is 0 Å². The van der Waals surface area contributed by atoms with Crippen LogP contribution in [0.5, 0.6) is 0 Å². The Hall–Kier alpha value is -1.43. The molecule has 0 radical (unpaired) electrons. The highest BCUT2D eigenvalue weighted by molar-refractivity contribution is 9.10. The van der Waals surface area contributed by atoms with Crippen molar-refractivity contribution in [2.24, 2.45) is 0 Å². The largest absolute Gasteiger partial charge is 0.349 e. The van der Waals surface area contributed by atoms with E-state index in [1.54, 1.807) is 4.68 Å². The molecule has 0 saturated heterocycles. The molecule has 6 heteroatoms. The predicted molar refractivity (Wildman–Crippen MR) is 69.6 cm³/mol. The van der Waals surface area contributed by atoms with Crippen LogP contribution in [0.1, 0.15) is 18.9 Å². The molecule has 90 valence electrons. The minimum absolute atomic E-state index is 0.712. The zero-order chi connectivity index (χ0) is 12.1. The van der Waals surface area contributed by atoms with Crippen LogP contribution in [-0.2, 0) is 13.1 Å². The van der Waals surface area contributed by atoms with Crippen molar-refractivity contribution in [3.05, 3.63) is 34.3 Å². The van der Waals surface area contributed by atoms with E-state index in [0.717, 1.165) is 17.4 Å². The van der Waals surface area contributed by atoms with Gasteiger partial charge in [-0.05, 0) is 34.5 Å². The van der Waals surface area contributed by atoms with Crippen molar-refractivity contribution in [3.8, 4) is 0 Å². The van der Waals surface area contributed by atoms with E-state index in [1.165, 1.54) is 5.56 Å². The third-order valence-corrected chi connectivity index (χ3v) is 2.80. The first-order valence-electron chi connectivity index (χ1n) is 5.54. The molecule has 0 amide bonds. The smallest absolute Gasteiger partial charge is 0.243 e. The minimum atomic E-state index is 0.712. The maximum absolute atomic E-state index is 3.95. The summed E-state index contributed by atoms with van der Waals surface area (Å²) in [4.78, 5) is 0. The molecule has 0 bridgehead atoms. The Bertz CT molecular complexity index is 482. The van der Waals surface area contributed by atoms with Crippen LogP contribution in [0.3, 0.4) is 0 Å². The van der Waals surface area contributed by atoms with Crippen molar-refractivity contribution in [2.45, 2.75) is 26.4 Å². The molecule has 2 rings (SSSR count). The van der Waals surface area contributed by atoms with Crippen LogP contribution in [0, 0.1) is 0 Å². The Morgan fingerprint density at radius 1 is 1.41 bits per heavy atom. The molecule has 2 aromatic rings. The van der Waals surface area contributed by atoms with Gasteiger partial charge < -0.3 is 5.32 Å². The second kappa shape index (κ2) is 5.77. The fourth-order valence-corrected chi connectivity index (χ4v) is 1.97. The standard InChI is InChI=1S/C11H14BrN5/c1-2-6-17-11(14-15-16-17)13-8-9-4-3-5-10(12)7-9/h3-5,7H,2,6,8H2,1H3,(H,13,14,16). The second-order valence-electron chi connectivity index (χ2n) is 3.71.